The van der Waals surface area contributed by atoms with Crippen LogP contribution < -0.4 is 11.5 Å². The van der Waals surface area contributed by atoms with Crippen LogP contribution >= 0.6 is 12.2 Å². The summed E-state index contributed by atoms with van der Waals surface area (Å²) in [6, 6.07) is 1.66. The van der Waals surface area contributed by atoms with Crippen molar-refractivity contribution < 1.29 is 0 Å². The van der Waals surface area contributed by atoms with E-state index >= 15 is 0 Å². The Morgan fingerprint density at radius 1 is 1.70 bits per heavy atom. The van der Waals surface area contributed by atoms with Gasteiger partial charge in [0.15, 0.2) is 4.77 Å². The molecule has 0 aliphatic carbocycles. The lowest BCUT2D eigenvalue weighted by Crippen LogP contribution is -2.02. The number of nitrogens with two attached hydrogens (primary N) is 2. The van der Waals surface area contributed by atoms with Crippen LogP contribution in [0.1, 0.15) is 5.69 Å². The highest BCUT2D eigenvalue weighted by molar-refractivity contribution is 7.71. The number of anilines is 1. The summed E-state index contributed by atoms with van der Waals surface area (Å²) in [6.07, 6.45) is 0. The van der Waals surface area contributed by atoms with Gasteiger partial charge in [-0.25, -0.2) is 4.98 Å². The molecule has 0 saturated carbocycles. The molecule has 0 aromatic carbocycles. The van der Waals surface area contributed by atoms with Crippen molar-refractivity contribution >= 4 is 18.0 Å². The molecule has 0 bridgehead atoms. The number of nitrogen functional groups attached to an aromatic ring is 1. The number of aromatic amines is 1. The summed E-state index contributed by atoms with van der Waals surface area (Å²) in [6.45, 7) is 0.399. The van der Waals surface area contributed by atoms with E-state index in [1.165, 1.54) is 0 Å². The average Bonchev–Trinajstić information content (AvgIpc) is 1.85. The predicted octanol–water partition coefficient (Wildman–Crippen LogP) is 0.180. The van der Waals surface area contributed by atoms with E-state index in [2.05, 4.69) is 9.97 Å². The van der Waals surface area contributed by atoms with Crippen molar-refractivity contribution in [1.82, 2.24) is 9.97 Å². The molecule has 0 atom stereocenters. The Morgan fingerprint density at radius 2 is 2.40 bits per heavy atom. The Balaban J connectivity index is 3.19. The Labute approximate surface area is 63.3 Å². The molecule has 0 radical (unpaired) electrons. The quantitative estimate of drug-likeness (QED) is 0.507. The van der Waals surface area contributed by atoms with Gasteiger partial charge >= 0.3 is 0 Å². The molecule has 0 saturated heterocycles. The Bertz CT molecular complexity index is 279. The van der Waals surface area contributed by atoms with E-state index in [1.807, 2.05) is 0 Å². The topological polar surface area (TPSA) is 80.7 Å². The van der Waals surface area contributed by atoms with Gasteiger partial charge in [0, 0.05) is 18.3 Å². The normalized spacial score (nSPS) is 9.70. The van der Waals surface area contributed by atoms with Crippen molar-refractivity contribution in [3.05, 3.63) is 16.5 Å². The first-order valence-corrected chi connectivity index (χ1v) is 3.19. The van der Waals surface area contributed by atoms with Crippen molar-refractivity contribution in [3.63, 3.8) is 0 Å². The van der Waals surface area contributed by atoms with Gasteiger partial charge in [0.25, 0.3) is 0 Å². The SMILES string of the molecule is NCc1cc(N)nc(=S)[nH]1. The van der Waals surface area contributed by atoms with Gasteiger partial charge in [0.1, 0.15) is 5.82 Å². The minimum atomic E-state index is 0.375. The number of H-pyrrole nitrogens is 1. The Morgan fingerprint density at radius 3 is 2.90 bits per heavy atom. The maximum Gasteiger partial charge on any atom is 0.198 e. The van der Waals surface area contributed by atoms with Crippen molar-refractivity contribution in [1.29, 1.82) is 0 Å². The zero-order valence-corrected chi connectivity index (χ0v) is 6.11. The van der Waals surface area contributed by atoms with E-state index in [0.29, 0.717) is 17.1 Å². The Hall–Kier alpha value is -0.940. The monoisotopic (exact) mass is 156 g/mol. The minimum absolute atomic E-state index is 0.375. The maximum atomic E-state index is 5.38. The van der Waals surface area contributed by atoms with Crippen molar-refractivity contribution in [2.75, 3.05) is 5.73 Å². The molecule has 0 unspecified atom stereocenters. The van der Waals surface area contributed by atoms with Gasteiger partial charge in [0.2, 0.25) is 0 Å². The van der Waals surface area contributed by atoms with Crippen LogP contribution in [0.4, 0.5) is 5.82 Å². The largest absolute Gasteiger partial charge is 0.384 e. The number of hydrogen-bond donors (Lipinski definition) is 3. The third-order valence-corrected chi connectivity index (χ3v) is 1.23. The third-order valence-electron chi connectivity index (χ3n) is 1.04. The maximum absolute atomic E-state index is 5.38. The number of hydrogen-bond acceptors (Lipinski definition) is 4. The van der Waals surface area contributed by atoms with E-state index in [0.717, 1.165) is 5.69 Å². The predicted molar refractivity (Wildman–Crippen MR) is 41.7 cm³/mol. The fourth-order valence-corrected chi connectivity index (χ4v) is 0.876. The molecule has 1 aromatic heterocycles. The standard InChI is InChI=1S/C5H8N4S/c6-2-3-1-4(7)9-5(10)8-3/h1H,2,6H2,(H3,7,8,9,10). The van der Waals surface area contributed by atoms with Gasteiger partial charge in [-0.15, -0.1) is 0 Å². The second-order valence-corrected chi connectivity index (χ2v) is 2.23. The molecule has 0 aliphatic rings. The highest BCUT2D eigenvalue weighted by Gasteiger charge is 1.90. The summed E-state index contributed by atoms with van der Waals surface area (Å²) < 4.78 is 0.375. The second kappa shape index (κ2) is 2.76. The third kappa shape index (κ3) is 1.52. The number of nitrogens with zero attached hydrogens (tertiary/aromatic N) is 1. The number of rotatable bonds is 1. The van der Waals surface area contributed by atoms with E-state index in [4.69, 9.17) is 23.7 Å². The van der Waals surface area contributed by atoms with Crippen molar-refractivity contribution in [3.8, 4) is 0 Å². The van der Waals surface area contributed by atoms with Crippen LogP contribution in [-0.4, -0.2) is 9.97 Å². The first-order valence-electron chi connectivity index (χ1n) is 2.78. The van der Waals surface area contributed by atoms with Crippen molar-refractivity contribution in [2.45, 2.75) is 6.54 Å². The zero-order valence-electron chi connectivity index (χ0n) is 5.29. The fraction of sp³-hybridized carbons (Fsp3) is 0.200. The molecule has 4 nitrogen and oxygen atoms in total. The average molecular weight is 156 g/mol. The molecule has 0 amide bonds. The lowest BCUT2D eigenvalue weighted by molar-refractivity contribution is 0.957. The van der Waals surface area contributed by atoms with Crippen LogP contribution in [0.2, 0.25) is 0 Å². The lowest BCUT2D eigenvalue weighted by atomic mass is 10.4. The van der Waals surface area contributed by atoms with Gasteiger partial charge < -0.3 is 16.5 Å². The highest BCUT2D eigenvalue weighted by atomic mass is 32.1. The number of aromatic nitrogens is 2. The first kappa shape index (κ1) is 7.17. The molecule has 10 heavy (non-hydrogen) atoms. The summed E-state index contributed by atoms with van der Waals surface area (Å²) in [5.41, 5.74) is 11.5. The molecule has 5 N–H and O–H groups in total. The minimum Gasteiger partial charge on any atom is -0.384 e. The summed E-state index contributed by atoms with van der Waals surface area (Å²) in [4.78, 5) is 6.56. The first-order chi connectivity index (χ1) is 4.72. The van der Waals surface area contributed by atoms with Crippen LogP contribution in [0.25, 0.3) is 0 Å². The molecule has 1 rings (SSSR count). The van der Waals surface area contributed by atoms with Crippen LogP contribution in [0.5, 0.6) is 0 Å². The smallest absolute Gasteiger partial charge is 0.198 e. The molecule has 5 heteroatoms. The van der Waals surface area contributed by atoms with Gasteiger partial charge in [-0.1, -0.05) is 0 Å². The van der Waals surface area contributed by atoms with E-state index in [1.54, 1.807) is 6.07 Å². The van der Waals surface area contributed by atoms with Gasteiger partial charge in [0.05, 0.1) is 0 Å². The summed E-state index contributed by atoms with van der Waals surface area (Å²) in [7, 11) is 0. The fourth-order valence-electron chi connectivity index (χ4n) is 0.639. The van der Waals surface area contributed by atoms with Crippen LogP contribution in [0, 0.1) is 4.77 Å². The molecule has 1 aromatic rings. The van der Waals surface area contributed by atoms with E-state index in [-0.39, 0.29) is 0 Å². The zero-order chi connectivity index (χ0) is 7.56. The second-order valence-electron chi connectivity index (χ2n) is 1.84. The molecule has 0 spiro atoms. The van der Waals surface area contributed by atoms with Crippen LogP contribution in [0.15, 0.2) is 6.07 Å². The lowest BCUT2D eigenvalue weighted by Gasteiger charge is -1.96. The molecule has 1 heterocycles. The van der Waals surface area contributed by atoms with Gasteiger partial charge in [-0.2, -0.15) is 0 Å². The van der Waals surface area contributed by atoms with Crippen LogP contribution in [0.3, 0.4) is 0 Å². The summed E-state index contributed by atoms with van der Waals surface area (Å²) in [5.74, 6) is 0.407. The number of nitrogens with one attached hydrogen (secondary N) is 1. The molecule has 0 aliphatic heterocycles. The van der Waals surface area contributed by atoms with Gasteiger partial charge in [-0.05, 0) is 12.2 Å². The Kier molecular flexibility index (Phi) is 1.98. The summed E-state index contributed by atoms with van der Waals surface area (Å²) >= 11 is 4.75. The molecule has 54 valence electrons. The summed E-state index contributed by atoms with van der Waals surface area (Å²) in [5, 5.41) is 0. The van der Waals surface area contributed by atoms with E-state index in [9.17, 15) is 0 Å². The van der Waals surface area contributed by atoms with E-state index < -0.39 is 0 Å². The highest BCUT2D eigenvalue weighted by Crippen LogP contribution is 1.98. The molecular weight excluding hydrogens is 148 g/mol. The molecular formula is C5H8N4S. The van der Waals surface area contributed by atoms with Crippen LogP contribution in [-0.2, 0) is 6.54 Å². The van der Waals surface area contributed by atoms with Crippen molar-refractivity contribution in [2.24, 2.45) is 5.73 Å². The molecule has 0 fully saturated rings. The van der Waals surface area contributed by atoms with Gasteiger partial charge in [-0.3, -0.25) is 0 Å².